The van der Waals surface area contributed by atoms with E-state index in [4.69, 9.17) is 14.2 Å². The van der Waals surface area contributed by atoms with Crippen LogP contribution in [0.5, 0.6) is 0 Å². The van der Waals surface area contributed by atoms with E-state index in [0.29, 0.717) is 12.8 Å². The first-order chi connectivity index (χ1) is 33.5. The van der Waals surface area contributed by atoms with Crippen LogP contribution in [0.25, 0.3) is 0 Å². The van der Waals surface area contributed by atoms with Crippen LogP contribution >= 0.6 is 0 Å². The second-order valence-electron chi connectivity index (χ2n) is 16.8. The van der Waals surface area contributed by atoms with Crippen molar-refractivity contribution in [2.75, 3.05) is 13.2 Å². The van der Waals surface area contributed by atoms with Gasteiger partial charge in [-0.25, -0.2) is 0 Å². The molecule has 0 bridgehead atoms. The molecule has 0 saturated carbocycles. The van der Waals surface area contributed by atoms with Crippen LogP contribution in [0.1, 0.15) is 194 Å². The van der Waals surface area contributed by atoms with Crippen LogP contribution in [0.3, 0.4) is 0 Å². The number of carbonyl (C=O) groups excluding carboxylic acids is 3. The Morgan fingerprint density at radius 2 is 0.647 bits per heavy atom. The van der Waals surface area contributed by atoms with Gasteiger partial charge in [0.15, 0.2) is 6.10 Å². The maximum Gasteiger partial charge on any atom is 0.306 e. The highest BCUT2D eigenvalue weighted by molar-refractivity contribution is 5.71. The Morgan fingerprint density at radius 1 is 0.324 bits per heavy atom. The lowest BCUT2D eigenvalue weighted by Gasteiger charge is -2.18. The fourth-order valence-corrected chi connectivity index (χ4v) is 6.50. The highest BCUT2D eigenvalue weighted by Crippen LogP contribution is 2.12. The van der Waals surface area contributed by atoms with Crippen molar-refractivity contribution in [3.8, 4) is 0 Å². The van der Waals surface area contributed by atoms with E-state index in [1.165, 1.54) is 6.42 Å². The molecule has 0 aliphatic carbocycles. The Morgan fingerprint density at radius 3 is 1.09 bits per heavy atom. The van der Waals surface area contributed by atoms with E-state index in [2.05, 4.69) is 136 Å². The van der Waals surface area contributed by atoms with E-state index in [1.54, 1.807) is 0 Å². The van der Waals surface area contributed by atoms with Gasteiger partial charge < -0.3 is 14.2 Å². The largest absolute Gasteiger partial charge is 0.462 e. The first-order valence-electron chi connectivity index (χ1n) is 26.6. The van der Waals surface area contributed by atoms with Gasteiger partial charge in [0.25, 0.3) is 0 Å². The van der Waals surface area contributed by atoms with E-state index < -0.39 is 6.10 Å². The van der Waals surface area contributed by atoms with Crippen LogP contribution < -0.4 is 0 Å². The molecule has 0 aromatic heterocycles. The monoisotopic (exact) mass is 935 g/mol. The molecule has 0 aliphatic rings. The fraction of sp³-hybridized carbons (Fsp3) is 0.532. The van der Waals surface area contributed by atoms with Crippen molar-refractivity contribution in [1.29, 1.82) is 0 Å². The summed E-state index contributed by atoms with van der Waals surface area (Å²) in [5.41, 5.74) is 0. The predicted octanol–water partition coefficient (Wildman–Crippen LogP) is 17.8. The van der Waals surface area contributed by atoms with Crippen LogP contribution in [0.4, 0.5) is 0 Å². The van der Waals surface area contributed by atoms with Gasteiger partial charge in [-0.1, -0.05) is 230 Å². The van der Waals surface area contributed by atoms with E-state index in [-0.39, 0.29) is 37.5 Å². The average molecular weight is 935 g/mol. The van der Waals surface area contributed by atoms with Crippen molar-refractivity contribution in [2.24, 2.45) is 0 Å². The molecule has 0 radical (unpaired) electrons. The summed E-state index contributed by atoms with van der Waals surface area (Å²) in [4.78, 5) is 38.1. The summed E-state index contributed by atoms with van der Waals surface area (Å²) in [5.74, 6) is -1.01. The Kier molecular flexibility index (Phi) is 50.6. The van der Waals surface area contributed by atoms with Crippen LogP contribution in [0.15, 0.2) is 158 Å². The van der Waals surface area contributed by atoms with Gasteiger partial charge in [0.2, 0.25) is 0 Å². The molecule has 0 spiro atoms. The summed E-state index contributed by atoms with van der Waals surface area (Å²) in [5, 5.41) is 0. The van der Waals surface area contributed by atoms with Crippen molar-refractivity contribution in [2.45, 2.75) is 200 Å². The van der Waals surface area contributed by atoms with Gasteiger partial charge in [-0.2, -0.15) is 0 Å². The maximum absolute atomic E-state index is 12.8. The molecule has 0 N–H and O–H groups in total. The summed E-state index contributed by atoms with van der Waals surface area (Å²) < 4.78 is 16.8. The quantitative estimate of drug-likeness (QED) is 0.0199. The van der Waals surface area contributed by atoms with Crippen molar-refractivity contribution in [3.63, 3.8) is 0 Å². The third-order valence-electron chi connectivity index (χ3n) is 10.4. The number of carbonyl (C=O) groups is 3. The van der Waals surface area contributed by atoms with Crippen LogP contribution in [-0.2, 0) is 28.6 Å². The minimum atomic E-state index is -0.822. The molecular weight excluding hydrogens is 841 g/mol. The normalized spacial score (nSPS) is 13.4. The molecule has 0 aromatic rings. The Bertz CT molecular complexity index is 1590. The zero-order chi connectivity index (χ0) is 49.3. The summed E-state index contributed by atoms with van der Waals surface area (Å²) in [6.07, 6.45) is 79.3. The summed E-state index contributed by atoms with van der Waals surface area (Å²) in [6.45, 7) is 6.21. The molecule has 0 fully saturated rings. The van der Waals surface area contributed by atoms with Gasteiger partial charge in [-0.05, 0) is 103 Å². The highest BCUT2D eigenvalue weighted by Gasteiger charge is 2.19. The summed E-state index contributed by atoms with van der Waals surface area (Å²) in [7, 11) is 0. The summed E-state index contributed by atoms with van der Waals surface area (Å²) >= 11 is 0. The van der Waals surface area contributed by atoms with Crippen molar-refractivity contribution in [1.82, 2.24) is 0 Å². The number of hydrogen-bond donors (Lipinski definition) is 0. The molecule has 0 aliphatic heterocycles. The number of rotatable bonds is 45. The van der Waals surface area contributed by atoms with E-state index in [0.717, 1.165) is 148 Å². The van der Waals surface area contributed by atoms with Crippen LogP contribution in [0.2, 0.25) is 0 Å². The second kappa shape index (κ2) is 54.6. The van der Waals surface area contributed by atoms with Gasteiger partial charge >= 0.3 is 17.9 Å². The lowest BCUT2D eigenvalue weighted by Crippen LogP contribution is -2.30. The molecule has 0 aromatic carbocycles. The van der Waals surface area contributed by atoms with Crippen molar-refractivity contribution < 1.29 is 28.6 Å². The van der Waals surface area contributed by atoms with Gasteiger partial charge in [0.05, 0.1) is 0 Å². The first kappa shape index (κ1) is 63.0. The molecule has 1 atom stereocenters. The first-order valence-corrected chi connectivity index (χ1v) is 26.6. The van der Waals surface area contributed by atoms with Gasteiger partial charge in [-0.15, -0.1) is 0 Å². The minimum absolute atomic E-state index is 0.118. The molecule has 378 valence electrons. The second-order valence-corrected chi connectivity index (χ2v) is 16.8. The van der Waals surface area contributed by atoms with Crippen molar-refractivity contribution in [3.05, 3.63) is 158 Å². The topological polar surface area (TPSA) is 78.9 Å². The molecule has 0 rings (SSSR count). The van der Waals surface area contributed by atoms with Gasteiger partial charge in [0, 0.05) is 19.3 Å². The van der Waals surface area contributed by atoms with Crippen LogP contribution in [-0.4, -0.2) is 37.2 Å². The zero-order valence-electron chi connectivity index (χ0n) is 43.0. The smallest absolute Gasteiger partial charge is 0.306 e. The number of ether oxygens (including phenoxy) is 3. The highest BCUT2D eigenvalue weighted by atomic mass is 16.6. The zero-order valence-corrected chi connectivity index (χ0v) is 43.0. The standard InChI is InChI=1S/C62H94O6/c1-4-7-10-13-16-19-22-25-27-29-31-33-34-37-40-43-46-49-52-55-61(64)67-58-59(57-66-60(63)54-51-48-45-42-39-36-24-21-18-15-12-9-6-3)68-62(65)56-53-50-47-44-41-38-35-32-30-28-26-23-20-17-14-11-8-5-2/h7,9-12,14-21,23-28,30-33,35,37,40,59H,4-6,8,13,22,29,34,36,38-39,41-58H2,1-3H3/b10-7-,12-9-,14-11-,18-15-,19-16-,20-17-,24-21-,26-23-,27-25-,30-28-,33-31-,35-32-,40-37-. The van der Waals surface area contributed by atoms with Gasteiger partial charge in [-0.3, -0.25) is 14.4 Å². The SMILES string of the molecule is CC\C=C/C=C\C=C/CCCCCCCC(=O)OCC(COC(=O)CCCCC/C=C\C/C=C\C/C=C\C/C=C\C/C=C\CC)OC(=O)CCCCCCC\C=C/C=C\C=C/C=C\C=C/CCC. The maximum atomic E-state index is 12.8. The predicted molar refractivity (Wildman–Crippen MR) is 292 cm³/mol. The van der Waals surface area contributed by atoms with Crippen LogP contribution in [0, 0.1) is 0 Å². The molecular formula is C62H94O6. The molecule has 0 saturated heterocycles. The molecule has 0 amide bonds. The Labute approximate surface area is 416 Å². The number of allylic oxidation sites excluding steroid dienone is 26. The lowest BCUT2D eigenvalue weighted by atomic mass is 10.1. The summed E-state index contributed by atoms with van der Waals surface area (Å²) in [6, 6.07) is 0. The molecule has 6 nitrogen and oxygen atoms in total. The van der Waals surface area contributed by atoms with Gasteiger partial charge in [0.1, 0.15) is 13.2 Å². The molecule has 68 heavy (non-hydrogen) atoms. The number of hydrogen-bond acceptors (Lipinski definition) is 6. The van der Waals surface area contributed by atoms with E-state index in [9.17, 15) is 14.4 Å². The lowest BCUT2D eigenvalue weighted by molar-refractivity contribution is -0.167. The van der Waals surface area contributed by atoms with E-state index >= 15 is 0 Å². The third-order valence-corrected chi connectivity index (χ3v) is 10.4. The number of unbranched alkanes of at least 4 members (excludes halogenated alkanes) is 14. The minimum Gasteiger partial charge on any atom is -0.462 e. The van der Waals surface area contributed by atoms with Crippen molar-refractivity contribution >= 4 is 17.9 Å². The number of esters is 3. The molecule has 1 unspecified atom stereocenters. The third kappa shape index (κ3) is 52.0. The molecule has 0 heterocycles. The fourth-order valence-electron chi connectivity index (χ4n) is 6.50. The Balaban J connectivity index is 4.57. The average Bonchev–Trinajstić information content (AvgIpc) is 3.34. The van der Waals surface area contributed by atoms with E-state index in [1.807, 2.05) is 42.5 Å². The molecule has 6 heteroatoms. The Hall–Kier alpha value is -4.97.